The monoisotopic (exact) mass is 512 g/mol. The van der Waals surface area contributed by atoms with Crippen LogP contribution >= 0.6 is 0 Å². The number of carbonyl (C=O) groups excluding carboxylic acids is 2. The molecule has 2 amide bonds. The lowest BCUT2D eigenvalue weighted by atomic mass is 9.95. The Morgan fingerprint density at radius 1 is 1.22 bits per heavy atom. The lowest BCUT2D eigenvalue weighted by molar-refractivity contribution is -0.135. The molecule has 1 fully saturated rings. The van der Waals surface area contributed by atoms with Gasteiger partial charge in [-0.1, -0.05) is 63.2 Å². The molecule has 0 aliphatic carbocycles. The molecular formula is C26H41BN4O4Si. The van der Waals surface area contributed by atoms with Crippen molar-refractivity contribution in [3.63, 3.8) is 0 Å². The Morgan fingerprint density at radius 3 is 2.53 bits per heavy atom. The first-order valence-electron chi connectivity index (χ1n) is 12.9. The first-order valence-corrected chi connectivity index (χ1v) is 16.6. The summed E-state index contributed by atoms with van der Waals surface area (Å²) in [6, 6.07) is 8.62. The fraction of sp³-hybridized carbons (Fsp3) is 0.577. The van der Waals surface area contributed by atoms with Crippen molar-refractivity contribution < 1.29 is 19.1 Å². The van der Waals surface area contributed by atoms with E-state index in [-0.39, 0.29) is 17.9 Å². The minimum Gasteiger partial charge on any atom is -0.453 e. The van der Waals surface area contributed by atoms with Crippen LogP contribution in [0.4, 0.5) is 4.79 Å². The van der Waals surface area contributed by atoms with Gasteiger partial charge in [-0.2, -0.15) is 0 Å². The molecule has 1 N–H and O–H groups in total. The number of amides is 2. The molecular weight excluding hydrogens is 471 g/mol. The second kappa shape index (κ2) is 12.1. The molecule has 2 atom stereocenters. The van der Waals surface area contributed by atoms with Crippen LogP contribution in [0.2, 0.25) is 25.7 Å². The summed E-state index contributed by atoms with van der Waals surface area (Å²) in [4.78, 5) is 32.2. The highest BCUT2D eigenvalue weighted by atomic mass is 28.3. The van der Waals surface area contributed by atoms with E-state index in [1.807, 2.05) is 24.9 Å². The van der Waals surface area contributed by atoms with E-state index < -0.39 is 20.2 Å². The van der Waals surface area contributed by atoms with Crippen molar-refractivity contribution in [2.45, 2.75) is 71.2 Å². The number of aromatic nitrogens is 2. The first kappa shape index (κ1) is 28.0. The summed E-state index contributed by atoms with van der Waals surface area (Å²) < 4.78 is 13.0. The molecule has 36 heavy (non-hydrogen) atoms. The minimum atomic E-state index is -1.22. The Bertz CT molecular complexity index is 1040. The van der Waals surface area contributed by atoms with Gasteiger partial charge < -0.3 is 24.3 Å². The maximum Gasteiger partial charge on any atom is 0.407 e. The molecule has 0 radical (unpaired) electrons. The summed E-state index contributed by atoms with van der Waals surface area (Å²) in [5.41, 5.74) is 3.24. The lowest BCUT2D eigenvalue weighted by Gasteiger charge is -2.31. The summed E-state index contributed by atoms with van der Waals surface area (Å²) in [5, 5.41) is 2.72. The van der Waals surface area contributed by atoms with Crippen molar-refractivity contribution in [2.75, 3.05) is 20.3 Å². The molecule has 3 rings (SSSR count). The molecule has 2 heterocycles. The zero-order valence-corrected chi connectivity index (χ0v) is 23.8. The number of imidazole rings is 1. The summed E-state index contributed by atoms with van der Waals surface area (Å²) in [6.45, 7) is 12.6. The third-order valence-electron chi connectivity index (χ3n) is 6.68. The Morgan fingerprint density at radius 2 is 1.92 bits per heavy atom. The molecule has 0 bridgehead atoms. The lowest BCUT2D eigenvalue weighted by Crippen LogP contribution is -2.51. The van der Waals surface area contributed by atoms with Crippen molar-refractivity contribution in [1.29, 1.82) is 0 Å². The molecule has 1 aliphatic heterocycles. The van der Waals surface area contributed by atoms with E-state index in [0.29, 0.717) is 19.9 Å². The van der Waals surface area contributed by atoms with Gasteiger partial charge in [0.1, 0.15) is 26.4 Å². The number of hydrogen-bond acceptors (Lipinski definition) is 5. The number of nitrogens with one attached hydrogen (secondary N) is 1. The second-order valence-electron chi connectivity index (χ2n) is 11.2. The summed E-state index contributed by atoms with van der Waals surface area (Å²) in [6.07, 6.45) is 2.98. The number of benzene rings is 1. The Balaban J connectivity index is 1.91. The van der Waals surface area contributed by atoms with Crippen LogP contribution in [-0.2, 0) is 21.0 Å². The van der Waals surface area contributed by atoms with Gasteiger partial charge in [-0.05, 0) is 30.4 Å². The summed E-state index contributed by atoms with van der Waals surface area (Å²) in [7, 11) is 2.16. The van der Waals surface area contributed by atoms with Crippen LogP contribution in [0.3, 0.4) is 0 Å². The van der Waals surface area contributed by atoms with Gasteiger partial charge in [0.2, 0.25) is 5.91 Å². The van der Waals surface area contributed by atoms with E-state index >= 15 is 0 Å². The van der Waals surface area contributed by atoms with Crippen LogP contribution in [-0.4, -0.2) is 68.7 Å². The van der Waals surface area contributed by atoms with Crippen LogP contribution in [0.5, 0.6) is 0 Å². The number of hydrogen-bond donors (Lipinski definition) is 1. The van der Waals surface area contributed by atoms with E-state index in [4.69, 9.17) is 14.5 Å². The molecule has 1 aliphatic rings. The van der Waals surface area contributed by atoms with Gasteiger partial charge in [0.25, 0.3) is 0 Å². The van der Waals surface area contributed by atoms with E-state index in [9.17, 15) is 9.59 Å². The van der Waals surface area contributed by atoms with Crippen molar-refractivity contribution >= 4 is 33.4 Å². The number of rotatable bonds is 10. The smallest absolute Gasteiger partial charge is 0.407 e. The maximum atomic E-state index is 13.6. The highest BCUT2D eigenvalue weighted by Crippen LogP contribution is 2.35. The second-order valence-corrected chi connectivity index (χ2v) is 16.8. The van der Waals surface area contributed by atoms with Gasteiger partial charge in [0.05, 0.1) is 25.0 Å². The molecule has 0 unspecified atom stereocenters. The molecule has 0 spiro atoms. The quantitative estimate of drug-likeness (QED) is 0.391. The molecule has 1 saturated heterocycles. The highest BCUT2D eigenvalue weighted by Gasteiger charge is 2.38. The number of likely N-dealkylation sites (tertiary alicyclic amines) is 1. The highest BCUT2D eigenvalue weighted by molar-refractivity contribution is 6.76. The average molecular weight is 513 g/mol. The van der Waals surface area contributed by atoms with Gasteiger partial charge >= 0.3 is 6.09 Å². The van der Waals surface area contributed by atoms with Gasteiger partial charge in [-0.15, -0.1) is 0 Å². The van der Waals surface area contributed by atoms with Gasteiger partial charge in [0.15, 0.2) is 0 Å². The van der Waals surface area contributed by atoms with E-state index in [1.165, 1.54) is 12.6 Å². The minimum absolute atomic E-state index is 0.0781. The first-order chi connectivity index (χ1) is 17.0. The number of carbonyl (C=O) groups is 2. The fourth-order valence-electron chi connectivity index (χ4n) is 4.46. The van der Waals surface area contributed by atoms with Crippen molar-refractivity contribution in [2.24, 2.45) is 5.92 Å². The molecule has 2 aromatic rings. The zero-order valence-electron chi connectivity index (χ0n) is 22.8. The fourth-order valence-corrected chi connectivity index (χ4v) is 5.21. The van der Waals surface area contributed by atoms with Crippen LogP contribution < -0.4 is 10.8 Å². The molecule has 1 aromatic carbocycles. The standard InChI is InChI=1S/C26H41BN4O4Si/c1-18(2)23(29-26(33)34-3)25(32)30-13-7-8-21(30)24-28-16-22(19-9-11-20(27)12-10-19)31(24)17-35-14-15-36(4,5)6/h9-12,16,18,21,23H,7-8,13-15,17,27H2,1-6H3,(H,29,33)/t21-,23-/m0/s1. The van der Waals surface area contributed by atoms with Gasteiger partial charge in [0, 0.05) is 21.2 Å². The van der Waals surface area contributed by atoms with E-state index in [1.54, 1.807) is 0 Å². The molecule has 1 aromatic heterocycles. The van der Waals surface area contributed by atoms with Crippen molar-refractivity contribution in [3.05, 3.63) is 36.3 Å². The normalized spacial score (nSPS) is 16.9. The third kappa shape index (κ3) is 7.00. The topological polar surface area (TPSA) is 85.7 Å². The van der Waals surface area contributed by atoms with Gasteiger partial charge in [-0.3, -0.25) is 4.79 Å². The van der Waals surface area contributed by atoms with E-state index in [2.05, 4.69) is 61.6 Å². The van der Waals surface area contributed by atoms with E-state index in [0.717, 1.165) is 36.0 Å². The number of methoxy groups -OCH3 is 1. The average Bonchev–Trinajstić information content (AvgIpc) is 3.46. The van der Waals surface area contributed by atoms with Crippen molar-refractivity contribution in [3.8, 4) is 11.3 Å². The third-order valence-corrected chi connectivity index (χ3v) is 8.38. The van der Waals surface area contributed by atoms with Crippen LogP contribution in [0.25, 0.3) is 11.3 Å². The predicted molar refractivity (Wildman–Crippen MR) is 148 cm³/mol. The zero-order chi connectivity index (χ0) is 26.5. The van der Waals surface area contributed by atoms with Crippen LogP contribution in [0, 0.1) is 5.92 Å². The summed E-state index contributed by atoms with van der Waals surface area (Å²) >= 11 is 0. The largest absolute Gasteiger partial charge is 0.453 e. The van der Waals surface area contributed by atoms with Crippen LogP contribution in [0.1, 0.15) is 38.6 Å². The number of nitrogens with zero attached hydrogens (tertiary/aromatic N) is 3. The molecule has 196 valence electrons. The van der Waals surface area contributed by atoms with Gasteiger partial charge in [-0.25, -0.2) is 9.78 Å². The maximum absolute atomic E-state index is 13.6. The summed E-state index contributed by atoms with van der Waals surface area (Å²) in [5.74, 6) is 0.639. The van der Waals surface area contributed by atoms with Crippen molar-refractivity contribution in [1.82, 2.24) is 19.8 Å². The number of alkyl carbamates (subject to hydrolysis) is 1. The Kier molecular flexibility index (Phi) is 9.41. The molecule has 10 heteroatoms. The van der Waals surface area contributed by atoms with Crippen LogP contribution in [0.15, 0.2) is 30.5 Å². The predicted octanol–water partition coefficient (Wildman–Crippen LogP) is 3.16. The molecule has 0 saturated carbocycles. The number of ether oxygens (including phenoxy) is 2. The molecule has 8 nitrogen and oxygen atoms in total. The SMILES string of the molecule is Bc1ccc(-c2cnc([C@@H]3CCCN3C(=O)[C@@H](NC(=O)OC)C(C)C)n2COCC[Si](C)(C)C)cc1. The Labute approximate surface area is 217 Å². The Hall–Kier alpha value is -2.59.